The Hall–Kier alpha value is -1.73. The number of carbonyl (C=O) groups is 2. The van der Waals surface area contributed by atoms with E-state index in [1.807, 2.05) is 18.2 Å². The number of aryl methyl sites for hydroxylation is 1. The Bertz CT molecular complexity index is 685. The molecule has 0 radical (unpaired) electrons. The van der Waals surface area contributed by atoms with Crippen LogP contribution in [0.15, 0.2) is 28.7 Å². The number of para-hydroxylation sites is 1. The van der Waals surface area contributed by atoms with Gasteiger partial charge in [-0.2, -0.15) is 0 Å². The molecule has 0 aliphatic carbocycles. The molecule has 7 heteroatoms. The zero-order valence-electron chi connectivity index (χ0n) is 11.5. The number of anilines is 1. The van der Waals surface area contributed by atoms with Crippen molar-refractivity contribution >= 4 is 44.1 Å². The summed E-state index contributed by atoms with van der Waals surface area (Å²) in [4.78, 5) is 27.9. The molecule has 0 aliphatic rings. The maximum atomic E-state index is 11.8. The Labute approximate surface area is 134 Å². The average molecular weight is 369 g/mol. The van der Waals surface area contributed by atoms with E-state index < -0.39 is 0 Å². The molecule has 0 saturated carbocycles. The second kappa shape index (κ2) is 6.82. The molecular weight excluding hydrogens is 356 g/mol. The molecule has 1 heterocycles. The largest absolute Gasteiger partial charge is 0.483 e. The highest BCUT2D eigenvalue weighted by atomic mass is 79.9. The Morgan fingerprint density at radius 3 is 2.71 bits per heavy atom. The molecule has 2 aromatic rings. The first-order valence-corrected chi connectivity index (χ1v) is 7.74. The van der Waals surface area contributed by atoms with Crippen molar-refractivity contribution in [3.05, 3.63) is 39.3 Å². The summed E-state index contributed by atoms with van der Waals surface area (Å²) in [6, 6.07) is 7.27. The van der Waals surface area contributed by atoms with Gasteiger partial charge in [-0.1, -0.05) is 23.5 Å². The van der Waals surface area contributed by atoms with Crippen LogP contribution in [-0.2, 0) is 4.79 Å². The van der Waals surface area contributed by atoms with Crippen molar-refractivity contribution in [2.24, 2.45) is 0 Å². The van der Waals surface area contributed by atoms with Gasteiger partial charge in [0.1, 0.15) is 5.75 Å². The lowest BCUT2D eigenvalue weighted by atomic mass is 10.3. The Morgan fingerprint density at radius 1 is 1.38 bits per heavy atom. The molecule has 0 spiro atoms. The average Bonchev–Trinajstić information content (AvgIpc) is 2.79. The number of nitrogens with zero attached hydrogens (tertiary/aromatic N) is 1. The molecule has 21 heavy (non-hydrogen) atoms. The molecule has 5 nitrogen and oxygen atoms in total. The minimum atomic E-state index is -0.324. The molecule has 1 aromatic carbocycles. The Balaban J connectivity index is 1.95. The number of thiazole rings is 1. The van der Waals surface area contributed by atoms with Crippen molar-refractivity contribution in [2.75, 3.05) is 11.9 Å². The van der Waals surface area contributed by atoms with Gasteiger partial charge in [0.25, 0.3) is 5.91 Å². The number of Topliss-reactive ketones (excluding diaryl/α,β-unsaturated/α-hetero) is 1. The standard InChI is InChI=1S/C14H13BrN2O3S/c1-8-13(9(2)18)21-14(16-8)17-12(19)7-20-11-6-4-3-5-10(11)15/h3-6H,7H2,1-2H3,(H,16,17,19). The highest BCUT2D eigenvalue weighted by molar-refractivity contribution is 9.10. The molecule has 0 unspecified atom stereocenters. The molecular formula is C14H13BrN2O3S. The van der Waals surface area contributed by atoms with Gasteiger partial charge in [-0.3, -0.25) is 14.9 Å². The Morgan fingerprint density at radius 2 is 2.10 bits per heavy atom. The van der Waals surface area contributed by atoms with E-state index in [1.165, 1.54) is 6.92 Å². The van der Waals surface area contributed by atoms with Gasteiger partial charge in [0.2, 0.25) is 0 Å². The summed E-state index contributed by atoms with van der Waals surface area (Å²) in [7, 11) is 0. The van der Waals surface area contributed by atoms with Gasteiger partial charge >= 0.3 is 0 Å². The Kier molecular flexibility index (Phi) is 5.08. The number of carbonyl (C=O) groups excluding carboxylic acids is 2. The number of hydrogen-bond donors (Lipinski definition) is 1. The second-order valence-electron chi connectivity index (χ2n) is 4.26. The molecule has 1 N–H and O–H groups in total. The monoisotopic (exact) mass is 368 g/mol. The lowest BCUT2D eigenvalue weighted by molar-refractivity contribution is -0.118. The number of nitrogens with one attached hydrogen (secondary N) is 1. The highest BCUT2D eigenvalue weighted by Gasteiger charge is 2.13. The van der Waals surface area contributed by atoms with E-state index in [0.29, 0.717) is 21.5 Å². The zero-order chi connectivity index (χ0) is 15.4. The van der Waals surface area contributed by atoms with Crippen molar-refractivity contribution in [2.45, 2.75) is 13.8 Å². The van der Waals surface area contributed by atoms with Crippen molar-refractivity contribution in [3.63, 3.8) is 0 Å². The minimum Gasteiger partial charge on any atom is -0.483 e. The predicted octanol–water partition coefficient (Wildman–Crippen LogP) is 3.43. The van der Waals surface area contributed by atoms with E-state index in [4.69, 9.17) is 4.74 Å². The third-order valence-electron chi connectivity index (χ3n) is 2.56. The van der Waals surface area contributed by atoms with Crippen molar-refractivity contribution in [1.82, 2.24) is 4.98 Å². The fourth-order valence-electron chi connectivity index (χ4n) is 1.64. The van der Waals surface area contributed by atoms with Gasteiger partial charge in [0.15, 0.2) is 17.5 Å². The van der Waals surface area contributed by atoms with E-state index >= 15 is 0 Å². The fraction of sp³-hybridized carbons (Fsp3) is 0.214. The summed E-state index contributed by atoms with van der Waals surface area (Å²) in [5.41, 5.74) is 0.620. The van der Waals surface area contributed by atoms with Crippen molar-refractivity contribution in [1.29, 1.82) is 0 Å². The third-order valence-corrected chi connectivity index (χ3v) is 4.39. The van der Waals surface area contributed by atoms with Crippen LogP contribution in [0.1, 0.15) is 22.3 Å². The van der Waals surface area contributed by atoms with E-state index in [1.54, 1.807) is 13.0 Å². The number of benzene rings is 1. The number of ketones is 1. The topological polar surface area (TPSA) is 68.3 Å². The van der Waals surface area contributed by atoms with E-state index in [2.05, 4.69) is 26.2 Å². The molecule has 0 atom stereocenters. The van der Waals surface area contributed by atoms with Crippen LogP contribution in [0.4, 0.5) is 5.13 Å². The van der Waals surface area contributed by atoms with Crippen LogP contribution in [0.25, 0.3) is 0 Å². The maximum Gasteiger partial charge on any atom is 0.264 e. The van der Waals surface area contributed by atoms with Gasteiger partial charge < -0.3 is 4.74 Å². The predicted molar refractivity (Wildman–Crippen MR) is 85.1 cm³/mol. The first-order valence-electron chi connectivity index (χ1n) is 6.13. The summed E-state index contributed by atoms with van der Waals surface area (Å²) in [5, 5.41) is 3.02. The summed E-state index contributed by atoms with van der Waals surface area (Å²) in [6.07, 6.45) is 0. The van der Waals surface area contributed by atoms with E-state index in [0.717, 1.165) is 15.8 Å². The normalized spacial score (nSPS) is 10.2. The molecule has 0 saturated heterocycles. The molecule has 110 valence electrons. The lowest BCUT2D eigenvalue weighted by Gasteiger charge is -2.07. The number of halogens is 1. The molecule has 0 fully saturated rings. The summed E-state index contributed by atoms with van der Waals surface area (Å²) >= 11 is 4.50. The molecule has 0 bridgehead atoms. The van der Waals surface area contributed by atoms with Crippen LogP contribution in [0, 0.1) is 6.92 Å². The van der Waals surface area contributed by atoms with Crippen LogP contribution in [0.2, 0.25) is 0 Å². The maximum absolute atomic E-state index is 11.8. The first kappa shape index (κ1) is 15.7. The number of ether oxygens (including phenoxy) is 1. The van der Waals surface area contributed by atoms with Crippen LogP contribution in [-0.4, -0.2) is 23.3 Å². The second-order valence-corrected chi connectivity index (χ2v) is 6.11. The van der Waals surface area contributed by atoms with Gasteiger partial charge in [-0.25, -0.2) is 4.98 Å². The smallest absolute Gasteiger partial charge is 0.264 e. The van der Waals surface area contributed by atoms with Crippen molar-refractivity contribution < 1.29 is 14.3 Å². The van der Waals surface area contributed by atoms with Gasteiger partial charge in [0, 0.05) is 6.92 Å². The molecule has 0 aliphatic heterocycles. The van der Waals surface area contributed by atoms with Gasteiger partial charge in [-0.15, -0.1) is 0 Å². The summed E-state index contributed by atoms with van der Waals surface area (Å²) in [6.45, 7) is 3.08. The van der Waals surface area contributed by atoms with Crippen LogP contribution in [0.3, 0.4) is 0 Å². The van der Waals surface area contributed by atoms with E-state index in [-0.39, 0.29) is 18.3 Å². The van der Waals surface area contributed by atoms with Crippen molar-refractivity contribution in [3.8, 4) is 5.75 Å². The van der Waals surface area contributed by atoms with Gasteiger partial charge in [0.05, 0.1) is 15.0 Å². The molecule has 1 amide bonds. The SMILES string of the molecule is CC(=O)c1sc(NC(=O)COc2ccccc2Br)nc1C. The highest BCUT2D eigenvalue weighted by Crippen LogP contribution is 2.24. The minimum absolute atomic E-state index is 0.0602. The summed E-state index contributed by atoms with van der Waals surface area (Å²) < 4.78 is 6.19. The fourth-order valence-corrected chi connectivity index (χ4v) is 2.91. The number of aromatic nitrogens is 1. The van der Waals surface area contributed by atoms with E-state index in [9.17, 15) is 9.59 Å². The number of amides is 1. The first-order chi connectivity index (χ1) is 9.97. The molecule has 2 rings (SSSR count). The zero-order valence-corrected chi connectivity index (χ0v) is 13.9. The van der Waals surface area contributed by atoms with Gasteiger partial charge in [-0.05, 0) is 35.0 Å². The van der Waals surface area contributed by atoms with Crippen LogP contribution in [0.5, 0.6) is 5.75 Å². The number of hydrogen-bond acceptors (Lipinski definition) is 5. The lowest BCUT2D eigenvalue weighted by Crippen LogP contribution is -2.20. The third kappa shape index (κ3) is 4.12. The van der Waals surface area contributed by atoms with Crippen LogP contribution < -0.4 is 10.1 Å². The van der Waals surface area contributed by atoms with Crippen LogP contribution >= 0.6 is 27.3 Å². The number of rotatable bonds is 5. The summed E-state index contributed by atoms with van der Waals surface area (Å²) in [5.74, 6) is 0.206. The quantitative estimate of drug-likeness (QED) is 0.820. The molecule has 1 aromatic heterocycles.